The van der Waals surface area contributed by atoms with Gasteiger partial charge >= 0.3 is 6.03 Å². The van der Waals surface area contributed by atoms with Gasteiger partial charge in [0.2, 0.25) is 5.91 Å². The topological polar surface area (TPSA) is 77.8 Å². The molecule has 0 unspecified atom stereocenters. The molecule has 0 spiro atoms. The number of nitrogens with one attached hydrogen (secondary N) is 2. The van der Waals surface area contributed by atoms with E-state index in [9.17, 15) is 9.59 Å². The molecular formula is C21H28N4O3. The minimum atomic E-state index is -0.156. The molecule has 2 N–H and O–H groups in total. The summed E-state index contributed by atoms with van der Waals surface area (Å²) in [6.45, 7) is 3.20. The molecule has 1 fully saturated rings. The molecule has 0 bridgehead atoms. The van der Waals surface area contributed by atoms with Crippen LogP contribution in [0.1, 0.15) is 31.1 Å². The average Bonchev–Trinajstić information content (AvgIpc) is 3.39. The van der Waals surface area contributed by atoms with Crippen LogP contribution >= 0.6 is 0 Å². The third-order valence-corrected chi connectivity index (χ3v) is 4.68. The number of anilines is 2. The third kappa shape index (κ3) is 5.06. The molecule has 7 heteroatoms. The number of furan rings is 1. The second-order valence-electron chi connectivity index (χ2n) is 7.27. The van der Waals surface area contributed by atoms with Crippen LogP contribution in [0.25, 0.3) is 0 Å². The maximum absolute atomic E-state index is 12.6. The van der Waals surface area contributed by atoms with Gasteiger partial charge in [-0.1, -0.05) is 0 Å². The van der Waals surface area contributed by atoms with Crippen LogP contribution in [-0.2, 0) is 17.9 Å². The Morgan fingerprint density at radius 2 is 1.96 bits per heavy atom. The number of amides is 3. The van der Waals surface area contributed by atoms with E-state index in [0.717, 1.165) is 35.5 Å². The quantitative estimate of drug-likeness (QED) is 0.731. The van der Waals surface area contributed by atoms with Crippen LogP contribution in [0, 0.1) is 5.92 Å². The van der Waals surface area contributed by atoms with Crippen molar-refractivity contribution in [2.24, 2.45) is 5.92 Å². The summed E-state index contributed by atoms with van der Waals surface area (Å²) in [6.07, 6.45) is 3.52. The maximum Gasteiger partial charge on any atom is 0.318 e. The molecular weight excluding hydrogens is 356 g/mol. The van der Waals surface area contributed by atoms with E-state index in [1.54, 1.807) is 11.2 Å². The Morgan fingerprint density at radius 1 is 1.18 bits per heavy atom. The highest BCUT2D eigenvalue weighted by Gasteiger charge is 2.29. The molecule has 3 rings (SSSR count). The summed E-state index contributed by atoms with van der Waals surface area (Å²) in [5.41, 5.74) is 2.71. The Kier molecular flexibility index (Phi) is 6.23. The lowest BCUT2D eigenvalue weighted by molar-refractivity contribution is -0.117. The zero-order valence-electron chi connectivity index (χ0n) is 16.7. The molecule has 150 valence electrons. The zero-order chi connectivity index (χ0) is 20.1. The number of hydrogen-bond acceptors (Lipinski definition) is 4. The first kappa shape index (κ1) is 19.8. The summed E-state index contributed by atoms with van der Waals surface area (Å²) in [4.78, 5) is 28.4. The van der Waals surface area contributed by atoms with Crippen LogP contribution in [0.5, 0.6) is 0 Å². The molecule has 7 nitrogen and oxygen atoms in total. The first-order valence-electron chi connectivity index (χ1n) is 9.64. The number of benzene rings is 1. The summed E-state index contributed by atoms with van der Waals surface area (Å²) in [5.74, 6) is 0.929. The summed E-state index contributed by atoms with van der Waals surface area (Å²) in [5, 5.41) is 5.85. The van der Waals surface area contributed by atoms with Crippen LogP contribution in [0.2, 0.25) is 0 Å². The van der Waals surface area contributed by atoms with Crippen molar-refractivity contribution in [2.45, 2.75) is 32.9 Å². The number of nitrogens with zero attached hydrogens (tertiary/aromatic N) is 2. The van der Waals surface area contributed by atoms with E-state index in [2.05, 4.69) is 10.6 Å². The summed E-state index contributed by atoms with van der Waals surface area (Å²) in [7, 11) is 3.93. The molecule has 28 heavy (non-hydrogen) atoms. The number of urea groups is 1. The Morgan fingerprint density at radius 3 is 2.57 bits per heavy atom. The van der Waals surface area contributed by atoms with E-state index in [1.807, 2.05) is 56.3 Å². The molecule has 0 aliphatic heterocycles. The first-order valence-corrected chi connectivity index (χ1v) is 9.64. The second-order valence-corrected chi connectivity index (χ2v) is 7.27. The predicted molar refractivity (Wildman–Crippen MR) is 109 cm³/mol. The molecule has 1 heterocycles. The summed E-state index contributed by atoms with van der Waals surface area (Å²) < 4.78 is 5.43. The van der Waals surface area contributed by atoms with Crippen molar-refractivity contribution in [1.82, 2.24) is 10.2 Å². The fourth-order valence-corrected chi connectivity index (χ4v) is 3.07. The molecule has 3 amide bonds. The average molecular weight is 384 g/mol. The van der Waals surface area contributed by atoms with Gasteiger partial charge in [-0.05, 0) is 55.7 Å². The third-order valence-electron chi connectivity index (χ3n) is 4.68. The highest BCUT2D eigenvalue weighted by molar-refractivity contribution is 5.94. The van der Waals surface area contributed by atoms with Gasteiger partial charge in [-0.3, -0.25) is 4.79 Å². The minimum Gasteiger partial charge on any atom is -0.467 e. The van der Waals surface area contributed by atoms with Crippen LogP contribution < -0.4 is 15.5 Å². The lowest BCUT2D eigenvalue weighted by Gasteiger charge is -2.26. The fourth-order valence-electron chi connectivity index (χ4n) is 3.07. The van der Waals surface area contributed by atoms with Gasteiger partial charge in [0.05, 0.1) is 19.4 Å². The van der Waals surface area contributed by atoms with Gasteiger partial charge in [0, 0.05) is 37.9 Å². The molecule has 1 aliphatic rings. The van der Waals surface area contributed by atoms with Crippen molar-refractivity contribution in [3.63, 3.8) is 0 Å². The van der Waals surface area contributed by atoms with E-state index in [-0.39, 0.29) is 17.9 Å². The molecule has 0 atom stereocenters. The Labute approximate surface area is 165 Å². The molecule has 0 saturated heterocycles. The van der Waals surface area contributed by atoms with Crippen molar-refractivity contribution < 1.29 is 14.0 Å². The molecule has 1 saturated carbocycles. The van der Waals surface area contributed by atoms with Crippen molar-refractivity contribution in [3.8, 4) is 0 Å². The molecule has 0 radical (unpaired) electrons. The summed E-state index contributed by atoms with van der Waals surface area (Å²) in [6, 6.07) is 9.33. The fraction of sp³-hybridized carbons (Fsp3) is 0.429. The largest absolute Gasteiger partial charge is 0.467 e. The van der Waals surface area contributed by atoms with Crippen LogP contribution in [0.3, 0.4) is 0 Å². The Hall–Kier alpha value is -2.96. The number of hydrogen-bond donors (Lipinski definition) is 2. The van der Waals surface area contributed by atoms with Gasteiger partial charge < -0.3 is 24.9 Å². The Bertz CT molecular complexity index is 813. The molecule has 2 aromatic rings. The smallest absolute Gasteiger partial charge is 0.318 e. The van der Waals surface area contributed by atoms with Crippen molar-refractivity contribution in [3.05, 3.63) is 47.9 Å². The maximum atomic E-state index is 12.6. The van der Waals surface area contributed by atoms with Gasteiger partial charge in [0.1, 0.15) is 5.76 Å². The minimum absolute atomic E-state index is 0.0692. The molecule has 1 aromatic carbocycles. The zero-order valence-corrected chi connectivity index (χ0v) is 16.7. The normalized spacial score (nSPS) is 13.1. The number of carbonyl (C=O) groups is 2. The highest BCUT2D eigenvalue weighted by atomic mass is 16.3. The lowest BCUT2D eigenvalue weighted by atomic mass is 10.1. The number of rotatable bonds is 8. The highest BCUT2D eigenvalue weighted by Crippen LogP contribution is 2.31. The SMILES string of the molecule is CCNC(=O)N(Cc1ccco1)Cc1cc(NC(=O)C2CC2)ccc1N(C)C. The van der Waals surface area contributed by atoms with Gasteiger partial charge in [-0.25, -0.2) is 4.79 Å². The van der Waals surface area contributed by atoms with E-state index >= 15 is 0 Å². The van der Waals surface area contributed by atoms with Crippen molar-refractivity contribution in [2.75, 3.05) is 30.9 Å². The van der Waals surface area contributed by atoms with Gasteiger partial charge in [-0.15, -0.1) is 0 Å². The van der Waals surface area contributed by atoms with Crippen LogP contribution in [0.15, 0.2) is 41.0 Å². The van der Waals surface area contributed by atoms with E-state index in [0.29, 0.717) is 19.6 Å². The van der Waals surface area contributed by atoms with Crippen molar-refractivity contribution >= 4 is 23.3 Å². The lowest BCUT2D eigenvalue weighted by Crippen LogP contribution is -2.39. The number of carbonyl (C=O) groups excluding carboxylic acids is 2. The van der Waals surface area contributed by atoms with Crippen LogP contribution in [0.4, 0.5) is 16.2 Å². The van der Waals surface area contributed by atoms with Gasteiger partial charge in [-0.2, -0.15) is 0 Å². The van der Waals surface area contributed by atoms with Crippen molar-refractivity contribution in [1.29, 1.82) is 0 Å². The van der Waals surface area contributed by atoms with E-state index in [1.165, 1.54) is 0 Å². The molecule has 1 aromatic heterocycles. The van der Waals surface area contributed by atoms with E-state index in [4.69, 9.17) is 4.42 Å². The monoisotopic (exact) mass is 384 g/mol. The first-order chi connectivity index (χ1) is 13.5. The summed E-state index contributed by atoms with van der Waals surface area (Å²) >= 11 is 0. The second kappa shape index (κ2) is 8.82. The van der Waals surface area contributed by atoms with E-state index < -0.39 is 0 Å². The van der Waals surface area contributed by atoms with Gasteiger partial charge in [0.15, 0.2) is 0 Å². The predicted octanol–water partition coefficient (Wildman–Crippen LogP) is 3.43. The standard InChI is InChI=1S/C21H28N4O3/c1-4-22-21(27)25(14-18-6-5-11-28-18)13-16-12-17(9-10-19(16)24(2)3)23-20(26)15-7-8-15/h5-6,9-12,15H,4,7-8,13-14H2,1-3H3,(H,22,27)(H,23,26). The van der Waals surface area contributed by atoms with Gasteiger partial charge in [0.25, 0.3) is 0 Å². The van der Waals surface area contributed by atoms with Crippen LogP contribution in [-0.4, -0.2) is 37.5 Å². The molecule has 1 aliphatic carbocycles. The Balaban J connectivity index is 1.83.